The van der Waals surface area contributed by atoms with Gasteiger partial charge in [-0.1, -0.05) is 13.8 Å². The molecule has 5 rings (SSSR count). The van der Waals surface area contributed by atoms with E-state index in [1.807, 2.05) is 18.2 Å². The zero-order chi connectivity index (χ0) is 22.5. The first-order valence-corrected chi connectivity index (χ1v) is 12.0. The Morgan fingerprint density at radius 1 is 1.09 bits per heavy atom. The van der Waals surface area contributed by atoms with Gasteiger partial charge in [0.15, 0.2) is 0 Å². The minimum atomic E-state index is -0.585. The Kier molecular flexibility index (Phi) is 5.48. The van der Waals surface area contributed by atoms with Crippen molar-refractivity contribution in [2.24, 2.45) is 5.41 Å². The fourth-order valence-electron chi connectivity index (χ4n) is 6.01. The lowest BCUT2D eigenvalue weighted by atomic mass is 9.83. The summed E-state index contributed by atoms with van der Waals surface area (Å²) in [6.07, 6.45) is 6.75. The van der Waals surface area contributed by atoms with E-state index < -0.39 is 6.04 Å². The van der Waals surface area contributed by atoms with Gasteiger partial charge in [0, 0.05) is 31.1 Å². The summed E-state index contributed by atoms with van der Waals surface area (Å²) in [5, 5.41) is 2.35. The third kappa shape index (κ3) is 4.03. The third-order valence-corrected chi connectivity index (χ3v) is 7.60. The van der Waals surface area contributed by atoms with Crippen molar-refractivity contribution < 1.29 is 19.1 Å². The monoisotopic (exact) mass is 439 g/mol. The van der Waals surface area contributed by atoms with Crippen LogP contribution >= 0.6 is 0 Å². The smallest absolute Gasteiger partial charge is 0.255 e. The largest absolute Gasteiger partial charge is 0.489 e. The lowest BCUT2D eigenvalue weighted by Gasteiger charge is -2.42. The van der Waals surface area contributed by atoms with Gasteiger partial charge in [-0.05, 0) is 74.2 Å². The van der Waals surface area contributed by atoms with Gasteiger partial charge in [0.1, 0.15) is 17.9 Å². The molecule has 0 aromatic heterocycles. The maximum Gasteiger partial charge on any atom is 0.255 e. The summed E-state index contributed by atoms with van der Waals surface area (Å²) < 4.78 is 6.49. The van der Waals surface area contributed by atoms with Crippen LogP contribution < -0.4 is 10.1 Å². The highest BCUT2D eigenvalue weighted by Crippen LogP contribution is 2.36. The molecule has 3 unspecified atom stereocenters. The molecule has 7 nitrogen and oxygen atoms in total. The molecule has 7 heteroatoms. The van der Waals surface area contributed by atoms with Gasteiger partial charge in [-0.2, -0.15) is 0 Å². The Balaban J connectivity index is 1.28. The van der Waals surface area contributed by atoms with Gasteiger partial charge in [-0.25, -0.2) is 0 Å². The first-order chi connectivity index (χ1) is 15.3. The van der Waals surface area contributed by atoms with Crippen molar-refractivity contribution in [1.29, 1.82) is 0 Å². The number of nitrogens with zero attached hydrogens (tertiary/aromatic N) is 2. The minimum absolute atomic E-state index is 0.143. The SMILES string of the molecule is CC1(C)CCCN(C2CCCC2Oc2ccc3c(c2)CN(C2CCC(=O)NC2=O)C3=O)C1. The standard InChI is InChI=1S/C25H33N3O4/c1-25(2)11-4-12-27(15-25)19-5-3-6-21(19)32-17-7-8-18-16(13-17)14-28(24(18)31)20-9-10-22(29)26-23(20)30/h7-8,13,19-21H,3-6,9-12,14-15H2,1-2H3,(H,26,29,30). The van der Waals surface area contributed by atoms with Crippen molar-refractivity contribution in [2.45, 2.75) is 83.5 Å². The fourth-order valence-corrected chi connectivity index (χ4v) is 6.01. The molecule has 0 radical (unpaired) electrons. The van der Waals surface area contributed by atoms with E-state index in [9.17, 15) is 14.4 Å². The number of hydrogen-bond acceptors (Lipinski definition) is 5. The predicted octanol–water partition coefficient (Wildman–Crippen LogP) is 2.87. The highest BCUT2D eigenvalue weighted by atomic mass is 16.5. The van der Waals surface area contributed by atoms with Crippen LogP contribution in [0.15, 0.2) is 18.2 Å². The van der Waals surface area contributed by atoms with Gasteiger partial charge in [0.2, 0.25) is 11.8 Å². The molecule has 1 aliphatic carbocycles. The number of carbonyl (C=O) groups excluding carboxylic acids is 3. The van der Waals surface area contributed by atoms with Crippen molar-refractivity contribution in [3.8, 4) is 5.75 Å². The fraction of sp³-hybridized carbons (Fsp3) is 0.640. The molecule has 3 heterocycles. The number of fused-ring (bicyclic) bond motifs is 1. The second kappa shape index (κ2) is 8.18. The average molecular weight is 440 g/mol. The van der Waals surface area contributed by atoms with Crippen LogP contribution in [0.3, 0.4) is 0 Å². The molecule has 0 bridgehead atoms. The Morgan fingerprint density at radius 2 is 1.94 bits per heavy atom. The van der Waals surface area contributed by atoms with Gasteiger partial charge in [-0.3, -0.25) is 24.6 Å². The second-order valence-electron chi connectivity index (χ2n) is 10.6. The maximum absolute atomic E-state index is 12.9. The predicted molar refractivity (Wildman–Crippen MR) is 119 cm³/mol. The van der Waals surface area contributed by atoms with Gasteiger partial charge in [-0.15, -0.1) is 0 Å². The molecule has 172 valence electrons. The minimum Gasteiger partial charge on any atom is -0.489 e. The van der Waals surface area contributed by atoms with E-state index in [2.05, 4.69) is 24.1 Å². The summed E-state index contributed by atoms with van der Waals surface area (Å²) in [7, 11) is 0. The molecule has 3 atom stereocenters. The molecule has 0 spiro atoms. The molecule has 1 aromatic rings. The third-order valence-electron chi connectivity index (χ3n) is 7.60. The molecule has 3 aliphatic heterocycles. The van der Waals surface area contributed by atoms with E-state index in [0.29, 0.717) is 30.0 Å². The molecular weight excluding hydrogens is 406 g/mol. The van der Waals surface area contributed by atoms with Crippen LogP contribution in [0.4, 0.5) is 0 Å². The number of hydrogen-bond donors (Lipinski definition) is 1. The number of carbonyl (C=O) groups is 3. The molecule has 1 aromatic carbocycles. The Hall–Kier alpha value is -2.41. The number of likely N-dealkylation sites (tertiary alicyclic amines) is 1. The molecular formula is C25H33N3O4. The number of imide groups is 1. The molecule has 3 amide bonds. The molecule has 1 N–H and O–H groups in total. The van der Waals surface area contributed by atoms with Crippen LogP contribution in [-0.4, -0.2) is 58.8 Å². The normalized spacial score (nSPS) is 30.4. The van der Waals surface area contributed by atoms with Crippen LogP contribution in [0.2, 0.25) is 0 Å². The molecule has 3 fully saturated rings. The lowest BCUT2D eigenvalue weighted by Crippen LogP contribution is -2.52. The molecule has 2 saturated heterocycles. The average Bonchev–Trinajstić information content (AvgIpc) is 3.32. The highest BCUT2D eigenvalue weighted by molar-refractivity contribution is 6.05. The van der Waals surface area contributed by atoms with E-state index in [0.717, 1.165) is 30.8 Å². The van der Waals surface area contributed by atoms with Gasteiger partial charge in [0.05, 0.1) is 0 Å². The number of ether oxygens (including phenoxy) is 1. The van der Waals surface area contributed by atoms with Crippen molar-refractivity contribution in [3.05, 3.63) is 29.3 Å². The number of amides is 3. The number of benzene rings is 1. The van der Waals surface area contributed by atoms with Crippen LogP contribution in [0, 0.1) is 5.41 Å². The van der Waals surface area contributed by atoms with E-state index in [4.69, 9.17) is 4.74 Å². The van der Waals surface area contributed by atoms with Gasteiger partial charge < -0.3 is 9.64 Å². The van der Waals surface area contributed by atoms with Crippen LogP contribution in [0.1, 0.15) is 74.7 Å². The van der Waals surface area contributed by atoms with E-state index in [1.54, 1.807) is 4.90 Å². The summed E-state index contributed by atoms with van der Waals surface area (Å²) in [5.74, 6) is 0.0108. The van der Waals surface area contributed by atoms with Crippen molar-refractivity contribution in [1.82, 2.24) is 15.1 Å². The van der Waals surface area contributed by atoms with Crippen LogP contribution in [0.25, 0.3) is 0 Å². The van der Waals surface area contributed by atoms with Gasteiger partial charge in [0.25, 0.3) is 5.91 Å². The van der Waals surface area contributed by atoms with E-state index >= 15 is 0 Å². The Bertz CT molecular complexity index is 943. The van der Waals surface area contributed by atoms with Gasteiger partial charge >= 0.3 is 0 Å². The zero-order valence-corrected chi connectivity index (χ0v) is 19.1. The molecule has 32 heavy (non-hydrogen) atoms. The summed E-state index contributed by atoms with van der Waals surface area (Å²) in [6.45, 7) is 7.36. The molecule has 1 saturated carbocycles. The van der Waals surface area contributed by atoms with Crippen LogP contribution in [0.5, 0.6) is 5.75 Å². The summed E-state index contributed by atoms with van der Waals surface area (Å²) in [4.78, 5) is 40.9. The quantitative estimate of drug-likeness (QED) is 0.730. The summed E-state index contributed by atoms with van der Waals surface area (Å²) in [6, 6.07) is 5.55. The van der Waals surface area contributed by atoms with Crippen molar-refractivity contribution in [2.75, 3.05) is 13.1 Å². The van der Waals surface area contributed by atoms with Crippen molar-refractivity contribution >= 4 is 17.7 Å². The summed E-state index contributed by atoms with van der Waals surface area (Å²) >= 11 is 0. The maximum atomic E-state index is 12.9. The summed E-state index contributed by atoms with van der Waals surface area (Å²) in [5.41, 5.74) is 1.88. The number of piperidine rings is 2. The van der Waals surface area contributed by atoms with Crippen LogP contribution in [-0.2, 0) is 16.1 Å². The molecule has 4 aliphatic rings. The zero-order valence-electron chi connectivity index (χ0n) is 19.1. The first-order valence-electron chi connectivity index (χ1n) is 12.0. The lowest BCUT2D eigenvalue weighted by molar-refractivity contribution is -0.136. The Labute approximate surface area is 189 Å². The number of nitrogens with one attached hydrogen (secondary N) is 1. The Morgan fingerprint density at radius 3 is 2.72 bits per heavy atom. The van der Waals surface area contributed by atoms with E-state index in [1.165, 1.54) is 25.7 Å². The first kappa shape index (κ1) is 21.4. The number of rotatable bonds is 4. The highest BCUT2D eigenvalue weighted by Gasteiger charge is 2.40. The van der Waals surface area contributed by atoms with Crippen molar-refractivity contribution in [3.63, 3.8) is 0 Å². The topological polar surface area (TPSA) is 79.0 Å². The van der Waals surface area contributed by atoms with E-state index in [-0.39, 0.29) is 30.2 Å². The second-order valence-corrected chi connectivity index (χ2v) is 10.6.